The Bertz CT molecular complexity index is 1730. The third-order valence-electron chi connectivity index (χ3n) is 7.23. The molecule has 4 aromatic rings. The molecule has 44 heavy (non-hydrogen) atoms. The normalized spacial score (nSPS) is 15.6. The summed E-state index contributed by atoms with van der Waals surface area (Å²) in [6.07, 6.45) is 1.09. The molecule has 1 aliphatic rings. The van der Waals surface area contributed by atoms with Crippen molar-refractivity contribution in [1.29, 1.82) is 0 Å². The molecule has 1 amide bonds. The molecule has 0 N–H and O–H groups in total. The van der Waals surface area contributed by atoms with Gasteiger partial charge in [0.15, 0.2) is 5.82 Å². The smallest absolute Gasteiger partial charge is 0.410 e. The Labute approximate surface area is 261 Å². The van der Waals surface area contributed by atoms with Gasteiger partial charge in [0.25, 0.3) is 0 Å². The van der Waals surface area contributed by atoms with E-state index in [-0.39, 0.29) is 30.3 Å². The Hall–Kier alpha value is -4.27. The average molecular weight is 620 g/mol. The summed E-state index contributed by atoms with van der Waals surface area (Å²) in [5, 5.41) is 2.44. The zero-order chi connectivity index (χ0) is 31.6. The topological polar surface area (TPSA) is 88.3 Å². The van der Waals surface area contributed by atoms with Crippen LogP contribution in [-0.2, 0) is 4.74 Å². The molecular formula is C32H35ClFN7O3. The van der Waals surface area contributed by atoms with E-state index in [2.05, 4.69) is 19.8 Å². The summed E-state index contributed by atoms with van der Waals surface area (Å²) in [6, 6.07) is 10.6. The number of fused-ring (bicyclic) bond motifs is 2. The van der Waals surface area contributed by atoms with Crippen LogP contribution in [0.5, 0.6) is 6.01 Å². The van der Waals surface area contributed by atoms with Crippen LogP contribution in [0.2, 0.25) is 5.02 Å². The number of piperazine rings is 1. The molecule has 0 radical (unpaired) electrons. The second kappa shape index (κ2) is 12.8. The third-order valence-corrected chi connectivity index (χ3v) is 7.55. The molecular weight excluding hydrogens is 585 g/mol. The van der Waals surface area contributed by atoms with E-state index in [0.717, 1.165) is 5.39 Å². The fourth-order valence-electron chi connectivity index (χ4n) is 5.20. The highest BCUT2D eigenvalue weighted by atomic mass is 35.5. The van der Waals surface area contributed by atoms with E-state index in [1.165, 1.54) is 0 Å². The number of benzene rings is 2. The number of nitrogens with zero attached hydrogens (tertiary/aromatic N) is 7. The van der Waals surface area contributed by atoms with Crippen LogP contribution in [-0.4, -0.2) is 95.9 Å². The van der Waals surface area contributed by atoms with Crippen molar-refractivity contribution in [2.24, 2.45) is 0 Å². The van der Waals surface area contributed by atoms with E-state index in [0.29, 0.717) is 53.4 Å². The van der Waals surface area contributed by atoms with Crippen molar-refractivity contribution >= 4 is 45.2 Å². The zero-order valence-corrected chi connectivity index (χ0v) is 26.2. The van der Waals surface area contributed by atoms with Crippen LogP contribution in [0.1, 0.15) is 20.8 Å². The Morgan fingerprint density at radius 1 is 1.18 bits per heavy atom. The van der Waals surface area contributed by atoms with Gasteiger partial charge in [-0.3, -0.25) is 9.88 Å². The first-order valence-corrected chi connectivity index (χ1v) is 14.7. The summed E-state index contributed by atoms with van der Waals surface area (Å²) in [6.45, 7) is 14.8. The monoisotopic (exact) mass is 619 g/mol. The van der Waals surface area contributed by atoms with Gasteiger partial charge in [-0.2, -0.15) is 9.97 Å². The summed E-state index contributed by atoms with van der Waals surface area (Å²) in [4.78, 5) is 35.8. The van der Waals surface area contributed by atoms with Gasteiger partial charge >= 0.3 is 12.1 Å². The number of amides is 1. The predicted molar refractivity (Wildman–Crippen MR) is 170 cm³/mol. The van der Waals surface area contributed by atoms with Gasteiger partial charge in [0.1, 0.15) is 35.3 Å². The highest BCUT2D eigenvalue weighted by Gasteiger charge is 2.36. The summed E-state index contributed by atoms with van der Waals surface area (Å²) < 4.78 is 28.0. The molecule has 0 saturated carbocycles. The van der Waals surface area contributed by atoms with Gasteiger partial charge in [0, 0.05) is 48.3 Å². The van der Waals surface area contributed by atoms with Crippen molar-refractivity contribution in [1.82, 2.24) is 24.8 Å². The summed E-state index contributed by atoms with van der Waals surface area (Å²) in [7, 11) is 3.84. The second-order valence-corrected chi connectivity index (χ2v) is 12.3. The lowest BCUT2D eigenvalue weighted by Gasteiger charge is -2.40. The largest absolute Gasteiger partial charge is 0.462 e. The van der Waals surface area contributed by atoms with Crippen molar-refractivity contribution in [2.45, 2.75) is 32.4 Å². The third kappa shape index (κ3) is 6.61. The lowest BCUT2D eigenvalue weighted by molar-refractivity contribution is 0.0155. The predicted octanol–water partition coefficient (Wildman–Crippen LogP) is 5.92. The molecule has 0 spiro atoms. The minimum atomic E-state index is -0.673. The number of carbonyl (C=O) groups is 1. The number of carbonyl (C=O) groups excluding carboxylic acids is 1. The number of ether oxygens (including phenoxy) is 2. The van der Waals surface area contributed by atoms with Crippen molar-refractivity contribution in [3.8, 4) is 17.3 Å². The molecule has 1 atom stereocenters. The molecule has 0 unspecified atom stereocenters. The fraction of sp³-hybridized carbons (Fsp3) is 0.406. The maximum absolute atomic E-state index is 16.5. The van der Waals surface area contributed by atoms with E-state index in [4.69, 9.17) is 27.6 Å². The highest BCUT2D eigenvalue weighted by Crippen LogP contribution is 2.37. The molecule has 12 heteroatoms. The summed E-state index contributed by atoms with van der Waals surface area (Å²) in [5.74, 6) is -0.205. The first-order chi connectivity index (χ1) is 21.0. The number of anilines is 1. The van der Waals surface area contributed by atoms with Crippen LogP contribution in [0.3, 0.4) is 0 Å². The number of hydrogen-bond acceptors (Lipinski definition) is 8. The minimum Gasteiger partial charge on any atom is -0.462 e. The van der Waals surface area contributed by atoms with Gasteiger partial charge < -0.3 is 24.1 Å². The van der Waals surface area contributed by atoms with Gasteiger partial charge in [-0.05, 0) is 46.3 Å². The molecule has 0 aliphatic carbocycles. The van der Waals surface area contributed by atoms with Crippen LogP contribution in [0.4, 0.5) is 15.0 Å². The first-order valence-electron chi connectivity index (χ1n) is 14.4. The van der Waals surface area contributed by atoms with E-state index < -0.39 is 23.6 Å². The quantitative estimate of drug-likeness (QED) is 0.236. The van der Waals surface area contributed by atoms with Crippen molar-refractivity contribution in [2.75, 3.05) is 58.3 Å². The van der Waals surface area contributed by atoms with Gasteiger partial charge in [-0.25, -0.2) is 15.8 Å². The molecule has 10 nitrogen and oxygen atoms in total. The molecule has 0 bridgehead atoms. The van der Waals surface area contributed by atoms with Crippen LogP contribution >= 0.6 is 11.6 Å². The molecule has 3 heterocycles. The molecule has 1 aliphatic heterocycles. The van der Waals surface area contributed by atoms with E-state index >= 15 is 4.39 Å². The van der Waals surface area contributed by atoms with Crippen LogP contribution < -0.4 is 9.64 Å². The zero-order valence-electron chi connectivity index (χ0n) is 25.5. The highest BCUT2D eigenvalue weighted by molar-refractivity contribution is 6.36. The number of hydrogen-bond donors (Lipinski definition) is 0. The lowest BCUT2D eigenvalue weighted by Crippen LogP contribution is -2.57. The second-order valence-electron chi connectivity index (χ2n) is 11.9. The van der Waals surface area contributed by atoms with Crippen molar-refractivity contribution in [3.05, 3.63) is 64.9 Å². The fourth-order valence-corrected chi connectivity index (χ4v) is 5.48. The van der Waals surface area contributed by atoms with Crippen LogP contribution in [0.25, 0.3) is 37.8 Å². The standard InChI is InChI=1S/C32H35ClFN7O3/c1-32(2,3)44-31(42)41-14-13-40(19-21(41)17-35-4)29-23-18-36-27(22-11-7-9-20-10-8-12-24(33)25(20)22)26(34)28(23)37-30(38-29)43-16-15-39(5)6/h7-12,18,21H,13-17,19H2,1-3,5-6H3/t21-/m0/s1. The SMILES string of the molecule is [C-]#[N+]C[C@H]1CN(c2nc(OCCN(C)C)nc3c(F)c(-c4cccc5cccc(Cl)c45)ncc23)CCN1C(=O)OC(C)(C)C. The maximum Gasteiger partial charge on any atom is 0.410 e. The minimum absolute atomic E-state index is 0.0256. The van der Waals surface area contributed by atoms with E-state index in [1.54, 1.807) is 44.0 Å². The van der Waals surface area contributed by atoms with Gasteiger partial charge in [-0.15, -0.1) is 0 Å². The summed E-state index contributed by atoms with van der Waals surface area (Å²) >= 11 is 6.56. The number of pyridine rings is 1. The Morgan fingerprint density at radius 2 is 1.93 bits per heavy atom. The van der Waals surface area contributed by atoms with Crippen molar-refractivity contribution < 1.29 is 18.7 Å². The van der Waals surface area contributed by atoms with Crippen LogP contribution in [0.15, 0.2) is 42.6 Å². The molecule has 1 fully saturated rings. The van der Waals surface area contributed by atoms with Crippen LogP contribution in [0, 0.1) is 12.4 Å². The Balaban J connectivity index is 1.59. The number of halogens is 2. The number of aromatic nitrogens is 3. The molecule has 2 aromatic heterocycles. The van der Waals surface area contributed by atoms with Gasteiger partial charge in [0.05, 0.1) is 5.39 Å². The molecule has 230 valence electrons. The number of rotatable bonds is 7. The first kappa shape index (κ1) is 31.2. The van der Waals surface area contributed by atoms with Gasteiger partial charge in [-0.1, -0.05) is 41.9 Å². The number of likely N-dealkylation sites (N-methyl/N-ethyl adjacent to an activating group) is 1. The van der Waals surface area contributed by atoms with Gasteiger partial charge in [0.2, 0.25) is 6.54 Å². The Kier molecular flexibility index (Phi) is 9.04. The van der Waals surface area contributed by atoms with Crippen molar-refractivity contribution in [3.63, 3.8) is 0 Å². The molecule has 2 aromatic carbocycles. The maximum atomic E-state index is 16.5. The average Bonchev–Trinajstić information content (AvgIpc) is 2.96. The lowest BCUT2D eigenvalue weighted by atomic mass is 10.0. The Morgan fingerprint density at radius 3 is 2.64 bits per heavy atom. The van der Waals surface area contributed by atoms with E-state index in [9.17, 15) is 4.79 Å². The van der Waals surface area contributed by atoms with E-state index in [1.807, 2.05) is 48.2 Å². The summed E-state index contributed by atoms with van der Waals surface area (Å²) in [5.41, 5.74) is 0.0417. The molecule has 5 rings (SSSR count). The molecule has 1 saturated heterocycles.